The van der Waals surface area contributed by atoms with Crippen LogP contribution in [0.5, 0.6) is 0 Å². The van der Waals surface area contributed by atoms with Crippen molar-refractivity contribution in [2.45, 2.75) is 0 Å². The van der Waals surface area contributed by atoms with Gasteiger partial charge in [-0.2, -0.15) is 11.3 Å². The van der Waals surface area contributed by atoms with Crippen LogP contribution in [0.2, 0.25) is 0 Å². The van der Waals surface area contributed by atoms with Crippen LogP contribution in [0.3, 0.4) is 0 Å². The van der Waals surface area contributed by atoms with E-state index in [1.165, 1.54) is 11.1 Å². The quantitative estimate of drug-likeness (QED) is 0.702. The molecule has 0 saturated carbocycles. The van der Waals surface area contributed by atoms with Crippen molar-refractivity contribution in [2.24, 2.45) is 0 Å². The first-order valence-electron chi connectivity index (χ1n) is 4.05. The molecule has 0 radical (unpaired) electrons. The summed E-state index contributed by atoms with van der Waals surface area (Å²) in [4.78, 5) is 3.96. The lowest BCUT2D eigenvalue weighted by Gasteiger charge is -1.89. The highest BCUT2D eigenvalue weighted by Crippen LogP contribution is 2.10. The monoisotopic (exact) mass is 187 g/mol. The van der Waals surface area contributed by atoms with Crippen molar-refractivity contribution in [3.8, 4) is 0 Å². The van der Waals surface area contributed by atoms with Crippen molar-refractivity contribution >= 4 is 23.5 Å². The van der Waals surface area contributed by atoms with E-state index in [9.17, 15) is 0 Å². The number of hydrogen-bond donors (Lipinski definition) is 0. The fourth-order valence-electron chi connectivity index (χ4n) is 1.04. The van der Waals surface area contributed by atoms with Gasteiger partial charge in [0.05, 0.1) is 0 Å². The number of nitrogens with zero attached hydrogens (tertiary/aromatic N) is 1. The molecular formula is C11H9NS. The van der Waals surface area contributed by atoms with Crippen LogP contribution in [0.25, 0.3) is 12.2 Å². The van der Waals surface area contributed by atoms with E-state index in [0.29, 0.717) is 0 Å². The largest absolute Gasteiger partial charge is 0.265 e. The van der Waals surface area contributed by atoms with Gasteiger partial charge < -0.3 is 0 Å². The van der Waals surface area contributed by atoms with Crippen molar-refractivity contribution in [1.82, 2.24) is 4.98 Å². The van der Waals surface area contributed by atoms with Crippen molar-refractivity contribution in [3.05, 3.63) is 52.5 Å². The Morgan fingerprint density at radius 2 is 1.77 bits per heavy atom. The molecule has 0 atom stereocenters. The van der Waals surface area contributed by atoms with E-state index in [4.69, 9.17) is 0 Å². The fourth-order valence-corrected chi connectivity index (χ4v) is 1.67. The van der Waals surface area contributed by atoms with E-state index in [1.54, 1.807) is 23.7 Å². The van der Waals surface area contributed by atoms with Gasteiger partial charge in [-0.3, -0.25) is 4.98 Å². The van der Waals surface area contributed by atoms with Crippen molar-refractivity contribution in [3.63, 3.8) is 0 Å². The highest BCUT2D eigenvalue weighted by atomic mass is 32.1. The maximum absolute atomic E-state index is 3.96. The van der Waals surface area contributed by atoms with E-state index >= 15 is 0 Å². The molecule has 0 fully saturated rings. The van der Waals surface area contributed by atoms with Crippen LogP contribution in [0.4, 0.5) is 0 Å². The average Bonchev–Trinajstić information content (AvgIpc) is 2.69. The minimum atomic E-state index is 1.18. The molecule has 2 aromatic heterocycles. The minimum absolute atomic E-state index is 1.18. The first-order chi connectivity index (χ1) is 6.45. The number of hydrogen-bond acceptors (Lipinski definition) is 2. The summed E-state index contributed by atoms with van der Waals surface area (Å²) in [5.74, 6) is 0. The lowest BCUT2D eigenvalue weighted by molar-refractivity contribution is 1.32. The highest BCUT2D eigenvalue weighted by Gasteiger charge is 1.86. The van der Waals surface area contributed by atoms with Gasteiger partial charge in [-0.25, -0.2) is 0 Å². The van der Waals surface area contributed by atoms with E-state index in [1.807, 2.05) is 12.1 Å². The molecule has 64 valence electrons. The van der Waals surface area contributed by atoms with E-state index < -0.39 is 0 Å². The third-order valence-electron chi connectivity index (χ3n) is 1.72. The van der Waals surface area contributed by atoms with Gasteiger partial charge in [-0.15, -0.1) is 0 Å². The molecule has 0 bridgehead atoms. The van der Waals surface area contributed by atoms with Gasteiger partial charge in [0.1, 0.15) is 0 Å². The zero-order valence-corrected chi connectivity index (χ0v) is 7.87. The molecule has 2 heteroatoms. The van der Waals surface area contributed by atoms with Gasteiger partial charge in [-0.1, -0.05) is 12.2 Å². The second-order valence-electron chi connectivity index (χ2n) is 2.67. The lowest BCUT2D eigenvalue weighted by Crippen LogP contribution is -1.71. The van der Waals surface area contributed by atoms with Crippen molar-refractivity contribution in [2.75, 3.05) is 0 Å². The molecule has 0 aromatic carbocycles. The number of thiophene rings is 1. The van der Waals surface area contributed by atoms with Crippen LogP contribution in [0.1, 0.15) is 11.1 Å². The Bertz CT molecular complexity index is 376. The van der Waals surface area contributed by atoms with Crippen LogP contribution in [-0.2, 0) is 0 Å². The zero-order chi connectivity index (χ0) is 8.93. The second kappa shape index (κ2) is 4.01. The minimum Gasteiger partial charge on any atom is -0.265 e. The Balaban J connectivity index is 2.15. The molecule has 0 N–H and O–H groups in total. The summed E-state index contributed by atoms with van der Waals surface area (Å²) >= 11 is 1.71. The van der Waals surface area contributed by atoms with Gasteiger partial charge in [-0.05, 0) is 40.1 Å². The van der Waals surface area contributed by atoms with Gasteiger partial charge in [0.15, 0.2) is 0 Å². The second-order valence-corrected chi connectivity index (χ2v) is 3.45. The molecule has 2 rings (SSSR count). The van der Waals surface area contributed by atoms with E-state index in [-0.39, 0.29) is 0 Å². The van der Waals surface area contributed by atoms with Gasteiger partial charge in [0, 0.05) is 12.4 Å². The summed E-state index contributed by atoms with van der Waals surface area (Å²) < 4.78 is 0. The first kappa shape index (κ1) is 8.20. The molecule has 0 saturated heterocycles. The molecule has 2 heterocycles. The van der Waals surface area contributed by atoms with Crippen LogP contribution >= 0.6 is 11.3 Å². The summed E-state index contributed by atoms with van der Waals surface area (Å²) in [5.41, 5.74) is 2.43. The topological polar surface area (TPSA) is 12.9 Å². The third-order valence-corrected chi connectivity index (χ3v) is 2.42. The summed E-state index contributed by atoms with van der Waals surface area (Å²) in [7, 11) is 0. The van der Waals surface area contributed by atoms with Gasteiger partial charge >= 0.3 is 0 Å². The number of rotatable bonds is 2. The normalized spacial score (nSPS) is 10.8. The standard InChI is InChI=1S/C11H9NS/c1(2-11-5-8-13-9-11)10-3-6-12-7-4-10/h1-9H/b2-1+. The molecule has 0 aliphatic heterocycles. The Labute approximate surface area is 81.4 Å². The summed E-state index contributed by atoms with van der Waals surface area (Å²) in [6.07, 6.45) is 7.79. The predicted octanol–water partition coefficient (Wildman–Crippen LogP) is 3.31. The zero-order valence-electron chi connectivity index (χ0n) is 7.05. The van der Waals surface area contributed by atoms with Crippen molar-refractivity contribution < 1.29 is 0 Å². The molecule has 0 amide bonds. The third kappa shape index (κ3) is 2.26. The highest BCUT2D eigenvalue weighted by molar-refractivity contribution is 7.08. The van der Waals surface area contributed by atoms with E-state index in [2.05, 4.69) is 34.0 Å². The van der Waals surface area contributed by atoms with Crippen LogP contribution < -0.4 is 0 Å². The van der Waals surface area contributed by atoms with Gasteiger partial charge in [0.2, 0.25) is 0 Å². The van der Waals surface area contributed by atoms with Crippen LogP contribution in [0.15, 0.2) is 41.4 Å². The first-order valence-corrected chi connectivity index (χ1v) is 5.00. The maximum Gasteiger partial charge on any atom is 0.0273 e. The Morgan fingerprint density at radius 1 is 1.00 bits per heavy atom. The van der Waals surface area contributed by atoms with Crippen molar-refractivity contribution in [1.29, 1.82) is 0 Å². The Hall–Kier alpha value is -1.41. The smallest absolute Gasteiger partial charge is 0.0273 e. The predicted molar refractivity (Wildman–Crippen MR) is 57.5 cm³/mol. The molecule has 1 nitrogen and oxygen atoms in total. The molecule has 0 unspecified atom stereocenters. The summed E-state index contributed by atoms with van der Waals surface area (Å²) in [5, 5.41) is 4.20. The molecular weight excluding hydrogens is 178 g/mol. The average molecular weight is 187 g/mol. The maximum atomic E-state index is 3.96. The molecule has 13 heavy (non-hydrogen) atoms. The van der Waals surface area contributed by atoms with E-state index in [0.717, 1.165) is 0 Å². The summed E-state index contributed by atoms with van der Waals surface area (Å²) in [6.45, 7) is 0. The SMILES string of the molecule is C(=C\c1ccsc1)/c1ccncc1. The molecule has 0 spiro atoms. The fraction of sp³-hybridized carbons (Fsp3) is 0. The molecule has 0 aliphatic rings. The van der Waals surface area contributed by atoms with Crippen LogP contribution in [-0.4, -0.2) is 4.98 Å². The van der Waals surface area contributed by atoms with Gasteiger partial charge in [0.25, 0.3) is 0 Å². The Kier molecular flexibility index (Phi) is 2.53. The number of aromatic nitrogens is 1. The Morgan fingerprint density at radius 3 is 2.46 bits per heavy atom. The molecule has 0 aliphatic carbocycles. The molecule has 2 aromatic rings. The summed E-state index contributed by atoms with van der Waals surface area (Å²) in [6, 6.07) is 6.08. The number of pyridine rings is 1. The van der Waals surface area contributed by atoms with Crippen LogP contribution in [0, 0.1) is 0 Å². The lowest BCUT2D eigenvalue weighted by atomic mass is 10.2.